The van der Waals surface area contributed by atoms with Crippen molar-refractivity contribution in [3.63, 3.8) is 0 Å². The number of H-pyrrole nitrogens is 1. The number of nitriles is 1. The number of aromatic nitrogens is 3. The van der Waals surface area contributed by atoms with E-state index in [4.69, 9.17) is 10.00 Å². The van der Waals surface area contributed by atoms with E-state index in [1.807, 2.05) is 6.07 Å². The van der Waals surface area contributed by atoms with Gasteiger partial charge in [0.1, 0.15) is 18.1 Å². The lowest BCUT2D eigenvalue weighted by molar-refractivity contribution is -0.0586. The fraction of sp³-hybridized carbons (Fsp3) is 0.438. The summed E-state index contributed by atoms with van der Waals surface area (Å²) in [6.07, 6.45) is 6.92. The molecule has 1 aliphatic carbocycles. The van der Waals surface area contributed by atoms with Gasteiger partial charge in [-0.3, -0.25) is 0 Å². The minimum Gasteiger partial charge on any atom is -0.474 e. The quantitative estimate of drug-likeness (QED) is 0.875. The van der Waals surface area contributed by atoms with Gasteiger partial charge >= 0.3 is 0 Å². The molecular weight excluding hydrogens is 302 g/mol. The Morgan fingerprint density at radius 3 is 2.91 bits per heavy atom. The number of halogens is 2. The minimum atomic E-state index is -2.58. The molecule has 2 heterocycles. The molecule has 3 rings (SSSR count). The molecule has 0 aliphatic heterocycles. The number of aromatic amines is 1. The normalized spacial score (nSPS) is 18.3. The maximum atomic E-state index is 13.2. The largest absolute Gasteiger partial charge is 0.474 e. The molecule has 0 aromatic carbocycles. The maximum absolute atomic E-state index is 13.2. The first-order valence-electron chi connectivity index (χ1n) is 7.49. The van der Waals surface area contributed by atoms with Crippen molar-refractivity contribution in [2.75, 3.05) is 0 Å². The molecular formula is C16H16F2N4O. The van der Waals surface area contributed by atoms with E-state index in [1.165, 1.54) is 12.4 Å². The molecule has 0 bridgehead atoms. The summed E-state index contributed by atoms with van der Waals surface area (Å²) in [6, 6.07) is 1.94. The molecule has 1 aliphatic rings. The molecule has 5 nitrogen and oxygen atoms in total. The van der Waals surface area contributed by atoms with E-state index in [9.17, 15) is 8.78 Å². The second kappa shape index (κ2) is 6.32. The van der Waals surface area contributed by atoms with Crippen molar-refractivity contribution in [2.45, 2.75) is 44.1 Å². The predicted molar refractivity (Wildman–Crippen MR) is 80.2 cm³/mol. The summed E-state index contributed by atoms with van der Waals surface area (Å²) in [5.41, 5.74) is 1.54. The highest BCUT2D eigenvalue weighted by Crippen LogP contribution is 2.35. The predicted octanol–water partition coefficient (Wildman–Crippen LogP) is 3.54. The van der Waals surface area contributed by atoms with E-state index >= 15 is 0 Å². The number of rotatable bonds is 4. The SMILES string of the molecule is N#CC=CCc1c[nH]c2ncnc(OC3CCC(F)(F)CC3)c12. The summed E-state index contributed by atoms with van der Waals surface area (Å²) in [7, 11) is 0. The van der Waals surface area contributed by atoms with Gasteiger partial charge in [-0.15, -0.1) is 0 Å². The number of hydrogen-bond donors (Lipinski definition) is 1. The van der Waals surface area contributed by atoms with Gasteiger partial charge in [0.25, 0.3) is 0 Å². The Bertz CT molecular complexity index is 753. The van der Waals surface area contributed by atoms with Gasteiger partial charge in [-0.1, -0.05) is 6.08 Å². The van der Waals surface area contributed by atoms with Crippen molar-refractivity contribution < 1.29 is 13.5 Å². The van der Waals surface area contributed by atoms with Crippen LogP contribution in [0.5, 0.6) is 5.88 Å². The highest BCUT2D eigenvalue weighted by molar-refractivity contribution is 5.84. The van der Waals surface area contributed by atoms with E-state index < -0.39 is 5.92 Å². The second-order valence-corrected chi connectivity index (χ2v) is 5.63. The number of nitrogens with zero attached hydrogens (tertiary/aromatic N) is 3. The first-order valence-corrected chi connectivity index (χ1v) is 7.49. The van der Waals surface area contributed by atoms with Crippen molar-refractivity contribution >= 4 is 11.0 Å². The molecule has 7 heteroatoms. The zero-order valence-electron chi connectivity index (χ0n) is 12.4. The number of alkyl halides is 2. The van der Waals surface area contributed by atoms with Crippen LogP contribution >= 0.6 is 0 Å². The van der Waals surface area contributed by atoms with Crippen LogP contribution in [0.4, 0.5) is 8.78 Å². The molecule has 1 fully saturated rings. The third-order valence-electron chi connectivity index (χ3n) is 3.99. The Labute approximate surface area is 132 Å². The van der Waals surface area contributed by atoms with Gasteiger partial charge < -0.3 is 9.72 Å². The number of fused-ring (bicyclic) bond motifs is 1. The van der Waals surface area contributed by atoms with Crippen molar-refractivity contribution in [3.8, 4) is 11.9 Å². The molecule has 0 unspecified atom stereocenters. The summed E-state index contributed by atoms with van der Waals surface area (Å²) in [5.74, 6) is -2.17. The monoisotopic (exact) mass is 318 g/mol. The van der Waals surface area contributed by atoms with Crippen LogP contribution < -0.4 is 4.74 Å². The molecule has 120 valence electrons. The summed E-state index contributed by atoms with van der Waals surface area (Å²) in [6.45, 7) is 0. The highest BCUT2D eigenvalue weighted by atomic mass is 19.3. The zero-order chi connectivity index (χ0) is 16.3. The minimum absolute atomic E-state index is 0.156. The summed E-state index contributed by atoms with van der Waals surface area (Å²) in [4.78, 5) is 11.4. The van der Waals surface area contributed by atoms with E-state index in [1.54, 1.807) is 12.3 Å². The average molecular weight is 318 g/mol. The standard InChI is InChI=1S/C16H16F2N4O/c17-16(18)6-4-12(5-7-16)23-15-13-11(3-1-2-8-19)9-20-14(13)21-10-22-15/h1-2,9-10,12H,3-7H2,(H,20,21,22). The zero-order valence-corrected chi connectivity index (χ0v) is 12.4. The first-order chi connectivity index (χ1) is 11.1. The molecule has 0 amide bonds. The second-order valence-electron chi connectivity index (χ2n) is 5.63. The Kier molecular flexibility index (Phi) is 4.24. The lowest BCUT2D eigenvalue weighted by Crippen LogP contribution is -2.31. The molecule has 0 atom stereocenters. The van der Waals surface area contributed by atoms with Gasteiger partial charge in [0.2, 0.25) is 11.8 Å². The van der Waals surface area contributed by atoms with Gasteiger partial charge in [0, 0.05) is 25.1 Å². The van der Waals surface area contributed by atoms with Crippen LogP contribution in [0.1, 0.15) is 31.2 Å². The third-order valence-corrected chi connectivity index (χ3v) is 3.99. The van der Waals surface area contributed by atoms with Crippen LogP contribution in [0, 0.1) is 11.3 Å². The van der Waals surface area contributed by atoms with Crippen LogP contribution in [0.3, 0.4) is 0 Å². The summed E-state index contributed by atoms with van der Waals surface area (Å²) >= 11 is 0. The summed E-state index contributed by atoms with van der Waals surface area (Å²) < 4.78 is 32.3. The van der Waals surface area contributed by atoms with E-state index in [2.05, 4.69) is 15.0 Å². The Hall–Kier alpha value is -2.49. The Morgan fingerprint density at radius 1 is 1.39 bits per heavy atom. The molecule has 0 saturated heterocycles. The summed E-state index contributed by atoms with van der Waals surface area (Å²) in [5, 5.41) is 9.31. The Morgan fingerprint density at radius 2 is 2.17 bits per heavy atom. The van der Waals surface area contributed by atoms with Gasteiger partial charge in [-0.05, 0) is 24.8 Å². The van der Waals surface area contributed by atoms with E-state index in [0.29, 0.717) is 30.8 Å². The molecule has 1 saturated carbocycles. The third kappa shape index (κ3) is 3.47. The Balaban J connectivity index is 1.82. The number of nitrogens with one attached hydrogen (secondary N) is 1. The van der Waals surface area contributed by atoms with Crippen LogP contribution in [0.2, 0.25) is 0 Å². The van der Waals surface area contributed by atoms with Crippen molar-refractivity contribution in [1.82, 2.24) is 15.0 Å². The van der Waals surface area contributed by atoms with Gasteiger partial charge in [0.15, 0.2) is 0 Å². The fourth-order valence-corrected chi connectivity index (χ4v) is 2.77. The fourth-order valence-electron chi connectivity index (χ4n) is 2.77. The van der Waals surface area contributed by atoms with Crippen LogP contribution in [0.15, 0.2) is 24.7 Å². The van der Waals surface area contributed by atoms with Crippen LogP contribution in [-0.4, -0.2) is 27.0 Å². The van der Waals surface area contributed by atoms with Crippen molar-refractivity contribution in [1.29, 1.82) is 5.26 Å². The van der Waals surface area contributed by atoms with Gasteiger partial charge in [0.05, 0.1) is 11.5 Å². The molecule has 1 N–H and O–H groups in total. The van der Waals surface area contributed by atoms with E-state index in [-0.39, 0.29) is 18.9 Å². The molecule has 0 radical (unpaired) electrons. The molecule has 2 aromatic rings. The van der Waals surface area contributed by atoms with Gasteiger partial charge in [-0.25, -0.2) is 18.7 Å². The first kappa shape index (κ1) is 15.4. The lowest BCUT2D eigenvalue weighted by atomic mass is 9.94. The van der Waals surface area contributed by atoms with Crippen LogP contribution in [-0.2, 0) is 6.42 Å². The molecule has 2 aromatic heterocycles. The van der Waals surface area contributed by atoms with Crippen LogP contribution in [0.25, 0.3) is 11.0 Å². The van der Waals surface area contributed by atoms with Crippen molar-refractivity contribution in [2.24, 2.45) is 0 Å². The highest BCUT2D eigenvalue weighted by Gasteiger charge is 2.36. The number of allylic oxidation sites excluding steroid dienone is 2. The molecule has 23 heavy (non-hydrogen) atoms. The average Bonchev–Trinajstić information content (AvgIpc) is 2.94. The smallest absolute Gasteiger partial charge is 0.248 e. The molecule has 0 spiro atoms. The maximum Gasteiger partial charge on any atom is 0.248 e. The number of hydrogen-bond acceptors (Lipinski definition) is 4. The lowest BCUT2D eigenvalue weighted by Gasteiger charge is -2.28. The topological polar surface area (TPSA) is 74.6 Å². The number of ether oxygens (including phenoxy) is 1. The van der Waals surface area contributed by atoms with Gasteiger partial charge in [-0.2, -0.15) is 5.26 Å². The van der Waals surface area contributed by atoms with Crippen molar-refractivity contribution in [3.05, 3.63) is 30.2 Å². The van der Waals surface area contributed by atoms with E-state index in [0.717, 1.165) is 10.9 Å².